The third-order valence-electron chi connectivity index (χ3n) is 4.58. The lowest BCUT2D eigenvalue weighted by molar-refractivity contribution is 0.101. The van der Waals surface area contributed by atoms with Gasteiger partial charge in [0, 0.05) is 25.0 Å². The predicted molar refractivity (Wildman–Crippen MR) is 111 cm³/mol. The van der Waals surface area contributed by atoms with E-state index in [4.69, 9.17) is 0 Å². The summed E-state index contributed by atoms with van der Waals surface area (Å²) in [5.41, 5.74) is 3.49. The first-order valence-electron chi connectivity index (χ1n) is 9.23. The molecule has 4 aromatic heterocycles. The van der Waals surface area contributed by atoms with Gasteiger partial charge >= 0.3 is 0 Å². The maximum Gasteiger partial charge on any atom is 0.276 e. The van der Waals surface area contributed by atoms with E-state index in [2.05, 4.69) is 30.5 Å². The second kappa shape index (κ2) is 7.21. The van der Waals surface area contributed by atoms with Crippen LogP contribution in [0, 0.1) is 0 Å². The van der Waals surface area contributed by atoms with Crippen molar-refractivity contribution >= 4 is 17.6 Å². The molecule has 5 rings (SSSR count). The van der Waals surface area contributed by atoms with E-state index in [9.17, 15) is 4.79 Å². The molecule has 0 aliphatic rings. The lowest BCUT2D eigenvalue weighted by atomic mass is 10.1. The fourth-order valence-electron chi connectivity index (χ4n) is 3.15. The van der Waals surface area contributed by atoms with E-state index >= 15 is 0 Å². The molecule has 0 unspecified atom stereocenters. The molecule has 0 atom stereocenters. The highest BCUT2D eigenvalue weighted by Gasteiger charge is 2.17. The van der Waals surface area contributed by atoms with Crippen LogP contribution in [0.1, 0.15) is 10.5 Å². The van der Waals surface area contributed by atoms with Gasteiger partial charge in [0.2, 0.25) is 0 Å². The summed E-state index contributed by atoms with van der Waals surface area (Å²) in [6.45, 7) is 0. The summed E-state index contributed by atoms with van der Waals surface area (Å²) in [6, 6.07) is 18.8. The molecule has 0 saturated carbocycles. The SMILES string of the molecule is Cn1nc(-c2ccccc2)cc1C(=O)Nc1nc2nccc(-c3ccccn3)n2n1. The lowest BCUT2D eigenvalue weighted by Gasteiger charge is -2.02. The molecule has 0 fully saturated rings. The Hall–Kier alpha value is -4.40. The van der Waals surface area contributed by atoms with Gasteiger partial charge in [-0.3, -0.25) is 19.8 Å². The van der Waals surface area contributed by atoms with Gasteiger partial charge in [0.15, 0.2) is 0 Å². The Balaban J connectivity index is 1.45. The van der Waals surface area contributed by atoms with Crippen molar-refractivity contribution in [1.82, 2.24) is 34.3 Å². The van der Waals surface area contributed by atoms with Crippen molar-refractivity contribution in [3.63, 3.8) is 0 Å². The number of carbonyl (C=O) groups is 1. The largest absolute Gasteiger partial charge is 0.288 e. The Morgan fingerprint density at radius 3 is 2.53 bits per heavy atom. The highest BCUT2D eigenvalue weighted by molar-refractivity contribution is 6.02. The van der Waals surface area contributed by atoms with E-state index in [1.165, 1.54) is 4.68 Å². The maximum absolute atomic E-state index is 12.8. The molecule has 9 heteroatoms. The van der Waals surface area contributed by atoms with E-state index in [0.29, 0.717) is 17.2 Å². The quantitative estimate of drug-likeness (QED) is 0.501. The van der Waals surface area contributed by atoms with Crippen LogP contribution in [0.5, 0.6) is 0 Å². The molecule has 0 spiro atoms. The number of carbonyl (C=O) groups excluding carboxylic acids is 1. The molecule has 0 bridgehead atoms. The van der Waals surface area contributed by atoms with Crippen LogP contribution < -0.4 is 5.32 Å². The average molecular weight is 396 g/mol. The van der Waals surface area contributed by atoms with Gasteiger partial charge in [-0.1, -0.05) is 36.4 Å². The smallest absolute Gasteiger partial charge is 0.276 e. The monoisotopic (exact) mass is 396 g/mol. The van der Waals surface area contributed by atoms with Crippen LogP contribution in [0.4, 0.5) is 5.95 Å². The van der Waals surface area contributed by atoms with E-state index in [1.54, 1.807) is 36.1 Å². The number of nitrogens with zero attached hydrogens (tertiary/aromatic N) is 7. The molecular formula is C21H16N8O. The van der Waals surface area contributed by atoms with E-state index in [-0.39, 0.29) is 11.9 Å². The Labute approximate surface area is 171 Å². The minimum Gasteiger partial charge on any atom is -0.288 e. The third-order valence-corrected chi connectivity index (χ3v) is 4.58. The Morgan fingerprint density at radius 2 is 1.73 bits per heavy atom. The zero-order valence-electron chi connectivity index (χ0n) is 16.0. The van der Waals surface area contributed by atoms with Crippen molar-refractivity contribution in [2.45, 2.75) is 0 Å². The van der Waals surface area contributed by atoms with Crippen LogP contribution in [-0.2, 0) is 7.05 Å². The summed E-state index contributed by atoms with van der Waals surface area (Å²) in [7, 11) is 1.72. The molecule has 0 aliphatic heterocycles. The lowest BCUT2D eigenvalue weighted by Crippen LogP contribution is -2.17. The molecule has 0 radical (unpaired) electrons. The van der Waals surface area contributed by atoms with Crippen molar-refractivity contribution in [3.8, 4) is 22.6 Å². The van der Waals surface area contributed by atoms with E-state index in [0.717, 1.165) is 17.0 Å². The normalized spacial score (nSPS) is 11.0. The summed E-state index contributed by atoms with van der Waals surface area (Å²) in [5, 5.41) is 11.5. The van der Waals surface area contributed by atoms with Crippen LogP contribution in [0.15, 0.2) is 73.1 Å². The van der Waals surface area contributed by atoms with Crippen molar-refractivity contribution < 1.29 is 4.79 Å². The number of rotatable bonds is 4. The summed E-state index contributed by atoms with van der Waals surface area (Å²) in [4.78, 5) is 25.7. The van der Waals surface area contributed by atoms with Gasteiger partial charge in [0.25, 0.3) is 17.6 Å². The number of fused-ring (bicyclic) bond motifs is 1. The van der Waals surface area contributed by atoms with Gasteiger partial charge in [0.1, 0.15) is 5.69 Å². The molecule has 146 valence electrons. The molecule has 0 aliphatic carbocycles. The van der Waals surface area contributed by atoms with Crippen LogP contribution >= 0.6 is 0 Å². The summed E-state index contributed by atoms with van der Waals surface area (Å²) >= 11 is 0. The Bertz CT molecular complexity index is 1340. The molecule has 5 aromatic rings. The number of anilines is 1. The van der Waals surface area contributed by atoms with Crippen molar-refractivity contribution in [3.05, 3.63) is 78.8 Å². The summed E-state index contributed by atoms with van der Waals surface area (Å²) in [6.07, 6.45) is 3.33. The predicted octanol–water partition coefficient (Wildman–Crippen LogP) is 2.84. The fourth-order valence-corrected chi connectivity index (χ4v) is 3.15. The summed E-state index contributed by atoms with van der Waals surface area (Å²) < 4.78 is 3.08. The fraction of sp³-hybridized carbons (Fsp3) is 0.0476. The third kappa shape index (κ3) is 3.18. The molecule has 0 saturated heterocycles. The van der Waals surface area contributed by atoms with Gasteiger partial charge in [-0.15, -0.1) is 5.10 Å². The van der Waals surface area contributed by atoms with Crippen LogP contribution in [0.25, 0.3) is 28.4 Å². The standard InChI is InChI=1S/C21H16N8O/c1-28-18(13-16(26-28)14-7-3-2-4-8-14)19(30)24-20-25-21-23-12-10-17(29(21)27-20)15-9-5-6-11-22-15/h2-13H,1H3,(H,24,27,30). The highest BCUT2D eigenvalue weighted by Crippen LogP contribution is 2.20. The first-order chi connectivity index (χ1) is 14.7. The second-order valence-electron chi connectivity index (χ2n) is 6.55. The number of amides is 1. The number of nitrogens with one attached hydrogen (secondary N) is 1. The van der Waals surface area contributed by atoms with E-state index < -0.39 is 0 Å². The van der Waals surface area contributed by atoms with Crippen LogP contribution in [-0.4, -0.2) is 40.3 Å². The average Bonchev–Trinajstić information content (AvgIpc) is 3.37. The van der Waals surface area contributed by atoms with Gasteiger partial charge in [-0.05, 0) is 24.3 Å². The number of hydrogen-bond donors (Lipinski definition) is 1. The van der Waals surface area contributed by atoms with Gasteiger partial charge in [-0.25, -0.2) is 4.98 Å². The molecule has 30 heavy (non-hydrogen) atoms. The molecule has 1 N–H and O–H groups in total. The topological polar surface area (TPSA) is 103 Å². The summed E-state index contributed by atoms with van der Waals surface area (Å²) in [5.74, 6) is 0.157. The number of pyridine rings is 1. The van der Waals surface area contributed by atoms with E-state index in [1.807, 2.05) is 48.5 Å². The minimum absolute atomic E-state index is 0.151. The number of hydrogen-bond acceptors (Lipinski definition) is 6. The van der Waals surface area contributed by atoms with Gasteiger partial charge in [-0.2, -0.15) is 14.6 Å². The minimum atomic E-state index is -0.359. The molecule has 4 heterocycles. The Kier molecular flexibility index (Phi) is 4.25. The number of aryl methyl sites for hydroxylation is 1. The zero-order chi connectivity index (χ0) is 20.5. The highest BCUT2D eigenvalue weighted by atomic mass is 16.2. The van der Waals surface area contributed by atoms with Gasteiger partial charge < -0.3 is 0 Å². The number of aromatic nitrogens is 7. The first kappa shape index (κ1) is 17.7. The van der Waals surface area contributed by atoms with Crippen LogP contribution in [0.3, 0.4) is 0 Å². The van der Waals surface area contributed by atoms with Crippen molar-refractivity contribution in [2.24, 2.45) is 7.05 Å². The van der Waals surface area contributed by atoms with Crippen molar-refractivity contribution in [1.29, 1.82) is 0 Å². The van der Waals surface area contributed by atoms with Gasteiger partial charge in [0.05, 0.1) is 17.1 Å². The Morgan fingerprint density at radius 1 is 0.900 bits per heavy atom. The molecule has 1 amide bonds. The molecule has 1 aromatic carbocycles. The second-order valence-corrected chi connectivity index (χ2v) is 6.55. The molecular weight excluding hydrogens is 380 g/mol. The number of benzene rings is 1. The molecule has 9 nitrogen and oxygen atoms in total. The van der Waals surface area contributed by atoms with Crippen LogP contribution in [0.2, 0.25) is 0 Å². The first-order valence-corrected chi connectivity index (χ1v) is 9.23. The van der Waals surface area contributed by atoms with Crippen molar-refractivity contribution in [2.75, 3.05) is 5.32 Å². The maximum atomic E-state index is 12.8. The zero-order valence-corrected chi connectivity index (χ0v) is 16.0.